The average Bonchev–Trinajstić information content (AvgIpc) is 2.59. The van der Waals surface area contributed by atoms with Gasteiger partial charge < -0.3 is 5.73 Å². The Bertz CT molecular complexity index is 340. The molecule has 2 unspecified atom stereocenters. The summed E-state index contributed by atoms with van der Waals surface area (Å²) in [6.45, 7) is 1.99. The van der Waals surface area contributed by atoms with Crippen molar-refractivity contribution in [2.75, 3.05) is 20.1 Å². The lowest BCUT2D eigenvalue weighted by Gasteiger charge is -2.30. The highest BCUT2D eigenvalue weighted by Crippen LogP contribution is 2.38. The lowest BCUT2D eigenvalue weighted by Crippen LogP contribution is -2.32. The van der Waals surface area contributed by atoms with E-state index in [1.54, 1.807) is 0 Å². The van der Waals surface area contributed by atoms with Crippen LogP contribution in [0.15, 0.2) is 15.9 Å². The molecular formula is C12H19BrN2S. The van der Waals surface area contributed by atoms with E-state index in [0.29, 0.717) is 12.0 Å². The van der Waals surface area contributed by atoms with Crippen molar-refractivity contribution < 1.29 is 0 Å². The van der Waals surface area contributed by atoms with Gasteiger partial charge in [0.2, 0.25) is 0 Å². The molecule has 0 aromatic carbocycles. The van der Waals surface area contributed by atoms with Gasteiger partial charge in [-0.3, -0.25) is 4.90 Å². The zero-order valence-corrected chi connectivity index (χ0v) is 12.1. The van der Waals surface area contributed by atoms with Crippen LogP contribution in [0.25, 0.3) is 0 Å². The van der Waals surface area contributed by atoms with Crippen molar-refractivity contribution in [2.45, 2.75) is 25.3 Å². The molecule has 1 fully saturated rings. The lowest BCUT2D eigenvalue weighted by molar-refractivity contribution is 0.199. The van der Waals surface area contributed by atoms with E-state index in [9.17, 15) is 0 Å². The number of halogens is 1. The van der Waals surface area contributed by atoms with Crippen LogP contribution < -0.4 is 5.73 Å². The summed E-state index contributed by atoms with van der Waals surface area (Å²) in [5.74, 6) is 0.609. The minimum Gasteiger partial charge on any atom is -0.330 e. The summed E-state index contributed by atoms with van der Waals surface area (Å²) in [6.07, 6.45) is 3.88. The summed E-state index contributed by atoms with van der Waals surface area (Å²) in [4.78, 5) is 3.93. The highest BCUT2D eigenvalue weighted by molar-refractivity contribution is 9.11. The molecule has 0 bridgehead atoms. The fraction of sp³-hybridized carbons (Fsp3) is 0.667. The van der Waals surface area contributed by atoms with E-state index in [-0.39, 0.29) is 0 Å². The van der Waals surface area contributed by atoms with E-state index in [4.69, 9.17) is 5.73 Å². The van der Waals surface area contributed by atoms with Crippen LogP contribution >= 0.6 is 27.3 Å². The fourth-order valence-electron chi connectivity index (χ4n) is 2.61. The summed E-state index contributed by atoms with van der Waals surface area (Å²) < 4.78 is 1.22. The number of nitrogens with two attached hydrogens (primary N) is 1. The zero-order chi connectivity index (χ0) is 11.5. The molecule has 0 saturated carbocycles. The summed E-state index contributed by atoms with van der Waals surface area (Å²) in [5.41, 5.74) is 5.94. The first kappa shape index (κ1) is 12.6. The Labute approximate surface area is 110 Å². The molecule has 2 heterocycles. The van der Waals surface area contributed by atoms with Crippen molar-refractivity contribution in [1.82, 2.24) is 4.90 Å². The maximum atomic E-state index is 5.94. The SMILES string of the molecule is CN1CCCCC(CN)C1c1ccc(Br)s1. The molecule has 0 aliphatic carbocycles. The van der Waals surface area contributed by atoms with Crippen LogP contribution in [0.3, 0.4) is 0 Å². The molecular weight excluding hydrogens is 284 g/mol. The van der Waals surface area contributed by atoms with Crippen LogP contribution in [-0.4, -0.2) is 25.0 Å². The first-order valence-electron chi connectivity index (χ1n) is 5.88. The van der Waals surface area contributed by atoms with Crippen molar-refractivity contribution in [1.29, 1.82) is 0 Å². The van der Waals surface area contributed by atoms with Crippen molar-refractivity contribution in [3.63, 3.8) is 0 Å². The van der Waals surface area contributed by atoms with Crippen LogP contribution in [-0.2, 0) is 0 Å². The Morgan fingerprint density at radius 2 is 2.31 bits per heavy atom. The number of thiophene rings is 1. The topological polar surface area (TPSA) is 29.3 Å². The number of rotatable bonds is 2. The Hall–Kier alpha value is 0.1000. The van der Waals surface area contributed by atoms with Gasteiger partial charge in [0.1, 0.15) is 0 Å². The third kappa shape index (κ3) is 2.67. The summed E-state index contributed by atoms with van der Waals surface area (Å²) in [6, 6.07) is 4.90. The second-order valence-electron chi connectivity index (χ2n) is 4.56. The van der Waals surface area contributed by atoms with E-state index in [1.165, 1.54) is 34.5 Å². The molecule has 1 aromatic heterocycles. The summed E-state index contributed by atoms with van der Waals surface area (Å²) in [7, 11) is 2.23. The Morgan fingerprint density at radius 3 is 2.94 bits per heavy atom. The van der Waals surface area contributed by atoms with Gasteiger partial charge in [0.05, 0.1) is 3.79 Å². The molecule has 0 amide bonds. The fourth-order valence-corrected chi connectivity index (χ4v) is 4.29. The first-order valence-corrected chi connectivity index (χ1v) is 7.49. The number of hydrogen-bond acceptors (Lipinski definition) is 3. The predicted molar refractivity (Wildman–Crippen MR) is 73.8 cm³/mol. The van der Waals surface area contributed by atoms with Crippen LogP contribution in [0.5, 0.6) is 0 Å². The molecule has 2 nitrogen and oxygen atoms in total. The summed E-state index contributed by atoms with van der Waals surface area (Å²) >= 11 is 5.39. The number of hydrogen-bond donors (Lipinski definition) is 1. The molecule has 2 atom stereocenters. The van der Waals surface area contributed by atoms with E-state index in [1.807, 2.05) is 11.3 Å². The van der Waals surface area contributed by atoms with Crippen molar-refractivity contribution >= 4 is 27.3 Å². The Kier molecular flexibility index (Phi) is 4.41. The molecule has 0 radical (unpaired) electrons. The maximum absolute atomic E-state index is 5.94. The van der Waals surface area contributed by atoms with Gasteiger partial charge in [-0.2, -0.15) is 0 Å². The molecule has 1 aromatic rings. The van der Waals surface area contributed by atoms with Crippen molar-refractivity contribution in [2.24, 2.45) is 11.7 Å². The van der Waals surface area contributed by atoms with Crippen molar-refractivity contribution in [3.8, 4) is 0 Å². The lowest BCUT2D eigenvalue weighted by atomic mass is 9.94. The largest absolute Gasteiger partial charge is 0.330 e. The monoisotopic (exact) mass is 302 g/mol. The minimum atomic E-state index is 0.517. The second kappa shape index (κ2) is 5.63. The van der Waals surface area contributed by atoms with Gasteiger partial charge in [-0.1, -0.05) is 6.42 Å². The van der Waals surface area contributed by atoms with Gasteiger partial charge in [-0.25, -0.2) is 0 Å². The van der Waals surface area contributed by atoms with Gasteiger partial charge >= 0.3 is 0 Å². The molecule has 1 aliphatic heterocycles. The molecule has 16 heavy (non-hydrogen) atoms. The molecule has 4 heteroatoms. The van der Waals surface area contributed by atoms with E-state index in [0.717, 1.165) is 6.54 Å². The van der Waals surface area contributed by atoms with Gasteiger partial charge in [0.25, 0.3) is 0 Å². The van der Waals surface area contributed by atoms with Gasteiger partial charge in [0, 0.05) is 10.9 Å². The molecule has 2 N–H and O–H groups in total. The van der Waals surface area contributed by atoms with Crippen LogP contribution in [0.1, 0.15) is 30.2 Å². The zero-order valence-electron chi connectivity index (χ0n) is 9.66. The highest BCUT2D eigenvalue weighted by atomic mass is 79.9. The summed E-state index contributed by atoms with van der Waals surface area (Å²) in [5, 5.41) is 0. The van der Waals surface area contributed by atoms with Crippen LogP contribution in [0.2, 0.25) is 0 Å². The molecule has 2 rings (SSSR count). The third-order valence-corrected chi connectivity index (χ3v) is 5.14. The van der Waals surface area contributed by atoms with Gasteiger partial charge in [0.15, 0.2) is 0 Å². The Balaban J connectivity index is 2.25. The van der Waals surface area contributed by atoms with E-state index in [2.05, 4.69) is 40.0 Å². The van der Waals surface area contributed by atoms with Crippen LogP contribution in [0, 0.1) is 5.92 Å². The maximum Gasteiger partial charge on any atom is 0.0701 e. The van der Waals surface area contributed by atoms with Crippen LogP contribution in [0.4, 0.5) is 0 Å². The Morgan fingerprint density at radius 1 is 1.50 bits per heavy atom. The highest BCUT2D eigenvalue weighted by Gasteiger charge is 2.28. The predicted octanol–water partition coefficient (Wildman–Crippen LogP) is 3.24. The quantitative estimate of drug-likeness (QED) is 0.909. The van der Waals surface area contributed by atoms with Crippen molar-refractivity contribution in [3.05, 3.63) is 20.8 Å². The smallest absolute Gasteiger partial charge is 0.0701 e. The standard InChI is InChI=1S/C12H19BrN2S/c1-15-7-3-2-4-9(8-14)12(15)10-5-6-11(13)16-10/h5-6,9,12H,2-4,7-8,14H2,1H3. The molecule has 90 valence electrons. The molecule has 1 saturated heterocycles. The van der Waals surface area contributed by atoms with E-state index >= 15 is 0 Å². The van der Waals surface area contributed by atoms with E-state index < -0.39 is 0 Å². The second-order valence-corrected chi connectivity index (χ2v) is 7.05. The van der Waals surface area contributed by atoms with Gasteiger partial charge in [-0.05, 0) is 67.0 Å². The normalized spacial score (nSPS) is 27.9. The molecule has 0 spiro atoms. The minimum absolute atomic E-state index is 0.517. The number of likely N-dealkylation sites (tertiary alicyclic amines) is 1. The first-order chi connectivity index (χ1) is 7.72. The molecule has 1 aliphatic rings. The van der Waals surface area contributed by atoms with Gasteiger partial charge in [-0.15, -0.1) is 11.3 Å². The average molecular weight is 303 g/mol. The third-order valence-electron chi connectivity index (χ3n) is 3.45. The number of nitrogens with zero attached hydrogens (tertiary/aromatic N) is 1.